The van der Waals surface area contributed by atoms with Crippen LogP contribution in [0.2, 0.25) is 0 Å². The van der Waals surface area contributed by atoms with E-state index in [9.17, 15) is 0 Å². The number of ether oxygens (including phenoxy) is 1. The van der Waals surface area contributed by atoms with E-state index in [4.69, 9.17) is 10.00 Å². The number of likely N-dealkylation sites (N-methyl/N-ethyl adjacent to an activating group) is 1. The fourth-order valence-electron chi connectivity index (χ4n) is 2.08. The number of hydrogen-bond acceptors (Lipinski definition) is 5. The van der Waals surface area contributed by atoms with Crippen LogP contribution in [0.3, 0.4) is 0 Å². The van der Waals surface area contributed by atoms with Crippen LogP contribution < -0.4 is 5.32 Å². The molecule has 4 nitrogen and oxygen atoms in total. The van der Waals surface area contributed by atoms with Gasteiger partial charge in [0, 0.05) is 36.4 Å². The highest BCUT2D eigenvalue weighted by atomic mass is 32.1. The summed E-state index contributed by atoms with van der Waals surface area (Å²) in [5.41, 5.74) is 0.753. The van der Waals surface area contributed by atoms with Gasteiger partial charge in [-0.3, -0.25) is 4.90 Å². The minimum atomic E-state index is 0.286. The normalized spacial score (nSPS) is 20.8. The van der Waals surface area contributed by atoms with Crippen molar-refractivity contribution in [2.24, 2.45) is 0 Å². The molecule has 1 aliphatic rings. The van der Waals surface area contributed by atoms with Gasteiger partial charge >= 0.3 is 0 Å². The van der Waals surface area contributed by atoms with E-state index in [0.29, 0.717) is 0 Å². The molecule has 2 rings (SSSR count). The first-order valence-electron chi connectivity index (χ1n) is 6.34. The molecule has 5 heteroatoms. The topological polar surface area (TPSA) is 48.3 Å². The van der Waals surface area contributed by atoms with E-state index >= 15 is 0 Å². The number of nitriles is 1. The average Bonchev–Trinajstić information content (AvgIpc) is 2.87. The Morgan fingerprint density at radius 1 is 1.67 bits per heavy atom. The van der Waals surface area contributed by atoms with Gasteiger partial charge in [0.15, 0.2) is 0 Å². The largest absolute Gasteiger partial charge is 0.374 e. The molecule has 0 aliphatic carbocycles. The summed E-state index contributed by atoms with van der Waals surface area (Å²) in [4.78, 5) is 3.61. The van der Waals surface area contributed by atoms with E-state index in [1.54, 1.807) is 11.3 Å². The van der Waals surface area contributed by atoms with Crippen LogP contribution in [0.1, 0.15) is 17.4 Å². The molecule has 1 N–H and O–H groups in total. The fourth-order valence-corrected chi connectivity index (χ4v) is 2.86. The van der Waals surface area contributed by atoms with Crippen LogP contribution >= 0.6 is 11.3 Å². The third-order valence-electron chi connectivity index (χ3n) is 3.12. The third kappa shape index (κ3) is 3.79. The Labute approximate surface area is 112 Å². The zero-order chi connectivity index (χ0) is 12.8. The maximum absolute atomic E-state index is 8.75. The van der Waals surface area contributed by atoms with Crippen molar-refractivity contribution < 1.29 is 4.74 Å². The maximum Gasteiger partial charge on any atom is 0.100 e. The molecule has 2 heterocycles. The minimum Gasteiger partial charge on any atom is -0.374 e. The van der Waals surface area contributed by atoms with Crippen molar-refractivity contribution in [1.29, 1.82) is 5.26 Å². The Morgan fingerprint density at radius 2 is 2.56 bits per heavy atom. The lowest BCUT2D eigenvalue weighted by Crippen LogP contribution is -2.46. The van der Waals surface area contributed by atoms with E-state index in [1.165, 1.54) is 4.88 Å². The third-order valence-corrected chi connectivity index (χ3v) is 4.06. The number of rotatable bonds is 5. The SMILES string of the molecule is CCN1CCOC(CNCc2cc(C#N)cs2)C1. The summed E-state index contributed by atoms with van der Waals surface area (Å²) >= 11 is 1.63. The first-order valence-corrected chi connectivity index (χ1v) is 7.22. The first kappa shape index (κ1) is 13.5. The van der Waals surface area contributed by atoms with Crippen LogP contribution in [0.4, 0.5) is 0 Å². The van der Waals surface area contributed by atoms with Crippen molar-refractivity contribution in [2.75, 3.05) is 32.8 Å². The number of nitrogens with one attached hydrogen (secondary N) is 1. The molecule has 0 spiro atoms. The molecule has 0 bridgehead atoms. The second-order valence-corrected chi connectivity index (χ2v) is 5.43. The highest BCUT2D eigenvalue weighted by Crippen LogP contribution is 2.13. The molecular weight excluding hydrogens is 246 g/mol. The second-order valence-electron chi connectivity index (χ2n) is 4.43. The van der Waals surface area contributed by atoms with Crippen molar-refractivity contribution >= 4 is 11.3 Å². The molecule has 1 aromatic rings. The molecule has 1 fully saturated rings. The number of hydrogen-bond donors (Lipinski definition) is 1. The molecule has 18 heavy (non-hydrogen) atoms. The molecule has 1 atom stereocenters. The quantitative estimate of drug-likeness (QED) is 0.875. The molecule has 0 saturated carbocycles. The van der Waals surface area contributed by atoms with Crippen molar-refractivity contribution in [3.05, 3.63) is 21.9 Å². The van der Waals surface area contributed by atoms with E-state index in [1.807, 2.05) is 11.4 Å². The Balaban J connectivity index is 1.70. The predicted molar refractivity (Wildman–Crippen MR) is 72.6 cm³/mol. The van der Waals surface area contributed by atoms with Crippen molar-refractivity contribution in [3.63, 3.8) is 0 Å². The summed E-state index contributed by atoms with van der Waals surface area (Å²) in [5, 5.41) is 14.0. The molecule has 0 amide bonds. The molecule has 1 saturated heterocycles. The van der Waals surface area contributed by atoms with E-state index in [2.05, 4.69) is 23.2 Å². The van der Waals surface area contributed by atoms with Crippen molar-refractivity contribution in [1.82, 2.24) is 10.2 Å². The summed E-state index contributed by atoms with van der Waals surface area (Å²) in [7, 11) is 0. The minimum absolute atomic E-state index is 0.286. The molecule has 1 aliphatic heterocycles. The molecule has 0 aromatic carbocycles. The molecule has 1 unspecified atom stereocenters. The van der Waals surface area contributed by atoms with Gasteiger partial charge in [-0.25, -0.2) is 0 Å². The Morgan fingerprint density at radius 3 is 3.28 bits per heavy atom. The fraction of sp³-hybridized carbons (Fsp3) is 0.615. The van der Waals surface area contributed by atoms with Crippen LogP contribution in [0, 0.1) is 11.3 Å². The van der Waals surface area contributed by atoms with E-state index in [0.717, 1.165) is 44.9 Å². The summed E-state index contributed by atoms with van der Waals surface area (Å²) in [6.07, 6.45) is 0.286. The van der Waals surface area contributed by atoms with Crippen molar-refractivity contribution in [2.45, 2.75) is 19.6 Å². The average molecular weight is 265 g/mol. The standard InChI is InChI=1S/C13H19N3OS/c1-2-16-3-4-17-12(9-16)7-15-8-13-5-11(6-14)10-18-13/h5,10,12,15H,2-4,7-9H2,1H3. The lowest BCUT2D eigenvalue weighted by Gasteiger charge is -2.32. The summed E-state index contributed by atoms with van der Waals surface area (Å²) in [6.45, 7) is 7.86. The molecule has 0 radical (unpaired) electrons. The number of nitrogens with zero attached hydrogens (tertiary/aromatic N) is 2. The monoisotopic (exact) mass is 265 g/mol. The van der Waals surface area contributed by atoms with Gasteiger partial charge in [-0.05, 0) is 12.6 Å². The van der Waals surface area contributed by atoms with Crippen LogP contribution in [0.15, 0.2) is 11.4 Å². The van der Waals surface area contributed by atoms with Crippen LogP contribution in [0.5, 0.6) is 0 Å². The van der Waals surface area contributed by atoms with Gasteiger partial charge in [0.2, 0.25) is 0 Å². The lowest BCUT2D eigenvalue weighted by atomic mass is 10.2. The highest BCUT2D eigenvalue weighted by Gasteiger charge is 2.18. The predicted octanol–water partition coefficient (Wildman–Crippen LogP) is 1.43. The van der Waals surface area contributed by atoms with Crippen molar-refractivity contribution in [3.8, 4) is 6.07 Å². The Hall–Kier alpha value is -0.930. The summed E-state index contributed by atoms with van der Waals surface area (Å²) in [6, 6.07) is 4.09. The summed E-state index contributed by atoms with van der Waals surface area (Å²) < 4.78 is 5.72. The van der Waals surface area contributed by atoms with Gasteiger partial charge in [-0.15, -0.1) is 11.3 Å². The number of morpholine rings is 1. The van der Waals surface area contributed by atoms with Gasteiger partial charge in [-0.2, -0.15) is 5.26 Å². The highest BCUT2D eigenvalue weighted by molar-refractivity contribution is 7.10. The zero-order valence-electron chi connectivity index (χ0n) is 10.7. The lowest BCUT2D eigenvalue weighted by molar-refractivity contribution is -0.0253. The first-order chi connectivity index (χ1) is 8.81. The molecule has 1 aromatic heterocycles. The Bertz CT molecular complexity index is 413. The van der Waals surface area contributed by atoms with Gasteiger partial charge in [0.1, 0.15) is 6.07 Å². The number of thiophene rings is 1. The van der Waals surface area contributed by atoms with Crippen LogP contribution in [-0.2, 0) is 11.3 Å². The second kappa shape index (κ2) is 6.86. The summed E-state index contributed by atoms with van der Waals surface area (Å²) in [5.74, 6) is 0. The smallest absolute Gasteiger partial charge is 0.100 e. The van der Waals surface area contributed by atoms with E-state index < -0.39 is 0 Å². The zero-order valence-corrected chi connectivity index (χ0v) is 11.5. The molecular formula is C13H19N3OS. The Kier molecular flexibility index (Phi) is 5.14. The van der Waals surface area contributed by atoms with Gasteiger partial charge in [0.05, 0.1) is 18.3 Å². The molecule has 98 valence electrons. The van der Waals surface area contributed by atoms with Gasteiger partial charge in [0.25, 0.3) is 0 Å². The maximum atomic E-state index is 8.75. The van der Waals surface area contributed by atoms with Crippen LogP contribution in [0.25, 0.3) is 0 Å². The van der Waals surface area contributed by atoms with Gasteiger partial charge < -0.3 is 10.1 Å². The van der Waals surface area contributed by atoms with Gasteiger partial charge in [-0.1, -0.05) is 6.92 Å². The van der Waals surface area contributed by atoms with Crippen LogP contribution in [-0.4, -0.2) is 43.8 Å². The van der Waals surface area contributed by atoms with E-state index in [-0.39, 0.29) is 6.10 Å².